The first-order chi connectivity index (χ1) is 8.10. The van der Waals surface area contributed by atoms with E-state index in [0.29, 0.717) is 0 Å². The highest BCUT2D eigenvalue weighted by molar-refractivity contribution is 6.34. The van der Waals surface area contributed by atoms with Gasteiger partial charge in [0.1, 0.15) is 0 Å². The maximum atomic E-state index is 11.3. The Morgan fingerprint density at radius 3 is 2.29 bits per heavy atom. The molecule has 1 aromatic rings. The minimum atomic E-state index is -0.923. The second kappa shape index (κ2) is 5.53. The molecular formula is C8H3ClN6O2. The lowest BCUT2D eigenvalue weighted by Gasteiger charge is -2.01. The van der Waals surface area contributed by atoms with Crippen LogP contribution in [0.25, 0.3) is 20.9 Å². The van der Waals surface area contributed by atoms with E-state index in [1.54, 1.807) is 0 Å². The average Bonchev–Trinajstić information content (AvgIpc) is 2.30. The van der Waals surface area contributed by atoms with Crippen molar-refractivity contribution in [2.75, 3.05) is 0 Å². The number of amides is 2. The van der Waals surface area contributed by atoms with Crippen molar-refractivity contribution in [2.24, 2.45) is 10.2 Å². The van der Waals surface area contributed by atoms with Crippen LogP contribution in [0.15, 0.2) is 28.4 Å². The Labute approximate surface area is 99.1 Å². The number of hydrogen-bond acceptors (Lipinski definition) is 2. The lowest BCUT2D eigenvalue weighted by molar-refractivity contribution is 0.0999. The van der Waals surface area contributed by atoms with Crippen LogP contribution in [0.4, 0.5) is 0 Å². The maximum absolute atomic E-state index is 11.3. The van der Waals surface area contributed by atoms with Crippen LogP contribution in [0.2, 0.25) is 5.02 Å². The molecule has 17 heavy (non-hydrogen) atoms. The number of hydrogen-bond donors (Lipinski definition) is 0. The number of carbonyl (C=O) groups is 2. The van der Waals surface area contributed by atoms with Crippen LogP contribution in [-0.4, -0.2) is 11.8 Å². The van der Waals surface area contributed by atoms with Crippen molar-refractivity contribution in [1.82, 2.24) is 0 Å². The molecule has 0 aliphatic carbocycles. The van der Waals surface area contributed by atoms with Crippen LogP contribution in [0.3, 0.4) is 0 Å². The molecular weight excluding hydrogens is 248 g/mol. The molecule has 0 spiro atoms. The molecule has 0 N–H and O–H groups in total. The zero-order valence-corrected chi connectivity index (χ0v) is 8.87. The summed E-state index contributed by atoms with van der Waals surface area (Å²) in [5.74, 6) is -1.78. The Kier molecular flexibility index (Phi) is 4.08. The number of azide groups is 2. The van der Waals surface area contributed by atoms with E-state index >= 15 is 0 Å². The molecule has 0 fully saturated rings. The Morgan fingerprint density at radius 1 is 1.12 bits per heavy atom. The van der Waals surface area contributed by atoms with Crippen LogP contribution in [-0.2, 0) is 0 Å². The summed E-state index contributed by atoms with van der Waals surface area (Å²) >= 11 is 5.69. The summed E-state index contributed by atoms with van der Waals surface area (Å²) < 4.78 is 0. The predicted octanol–water partition coefficient (Wildman–Crippen LogP) is 3.24. The zero-order valence-electron chi connectivity index (χ0n) is 8.11. The molecule has 0 saturated heterocycles. The van der Waals surface area contributed by atoms with Crippen molar-refractivity contribution in [3.05, 3.63) is 55.2 Å². The van der Waals surface area contributed by atoms with Gasteiger partial charge in [-0.3, -0.25) is 9.59 Å². The fourth-order valence-corrected chi connectivity index (χ4v) is 1.21. The van der Waals surface area contributed by atoms with Crippen LogP contribution in [0, 0.1) is 0 Å². The van der Waals surface area contributed by atoms with Gasteiger partial charge in [-0.2, -0.15) is 0 Å². The summed E-state index contributed by atoms with van der Waals surface area (Å²) in [6.45, 7) is 0. The van der Waals surface area contributed by atoms with Gasteiger partial charge in [-0.1, -0.05) is 11.6 Å². The monoisotopic (exact) mass is 250 g/mol. The SMILES string of the molecule is [N-]=[N+]=NC(=O)c1ccc(Cl)c(C(=O)N=[N+]=[N-])c1. The normalized spacial score (nSPS) is 8.76. The van der Waals surface area contributed by atoms with Crippen LogP contribution < -0.4 is 0 Å². The summed E-state index contributed by atoms with van der Waals surface area (Å²) in [7, 11) is 0. The molecule has 0 bridgehead atoms. The predicted molar refractivity (Wildman–Crippen MR) is 58.4 cm³/mol. The third kappa shape index (κ3) is 2.96. The van der Waals surface area contributed by atoms with Crippen LogP contribution in [0.5, 0.6) is 0 Å². The van der Waals surface area contributed by atoms with Gasteiger partial charge in [0.2, 0.25) is 5.91 Å². The standard InChI is InChI=1S/C8H3ClN6O2/c9-6-2-1-4(7(16)12-14-10)3-5(6)8(17)13-15-11/h1-3H. The molecule has 84 valence electrons. The Balaban J connectivity index is 3.28. The summed E-state index contributed by atoms with van der Waals surface area (Å²) in [6.07, 6.45) is 0. The van der Waals surface area contributed by atoms with Gasteiger partial charge < -0.3 is 0 Å². The van der Waals surface area contributed by atoms with Crippen molar-refractivity contribution in [3.8, 4) is 0 Å². The van der Waals surface area contributed by atoms with E-state index in [0.717, 1.165) is 6.07 Å². The van der Waals surface area contributed by atoms with Gasteiger partial charge in [-0.25, -0.2) is 0 Å². The Bertz CT molecular complexity index is 586. The zero-order chi connectivity index (χ0) is 12.8. The Hall–Kier alpha value is -2.53. The number of rotatable bonds is 2. The van der Waals surface area contributed by atoms with Crippen molar-refractivity contribution < 1.29 is 9.59 Å². The summed E-state index contributed by atoms with van der Waals surface area (Å²) in [5, 5.41) is 5.73. The second-order valence-corrected chi connectivity index (χ2v) is 3.09. The molecule has 0 atom stereocenters. The molecule has 1 aromatic carbocycles. The van der Waals surface area contributed by atoms with Gasteiger partial charge in [-0.05, 0) is 39.5 Å². The molecule has 0 radical (unpaired) electrons. The summed E-state index contributed by atoms with van der Waals surface area (Å²) in [6, 6.07) is 3.64. The number of nitrogens with zero attached hydrogens (tertiary/aromatic N) is 6. The average molecular weight is 251 g/mol. The maximum Gasteiger partial charge on any atom is 0.250 e. The first-order valence-corrected chi connectivity index (χ1v) is 4.46. The highest BCUT2D eigenvalue weighted by Crippen LogP contribution is 2.19. The molecule has 0 aromatic heterocycles. The van der Waals surface area contributed by atoms with E-state index in [4.69, 9.17) is 22.7 Å². The molecule has 0 saturated carbocycles. The van der Waals surface area contributed by atoms with Gasteiger partial charge in [-0.15, -0.1) is 0 Å². The molecule has 2 amide bonds. The van der Waals surface area contributed by atoms with Gasteiger partial charge in [0.25, 0.3) is 5.91 Å². The van der Waals surface area contributed by atoms with E-state index in [2.05, 4.69) is 20.1 Å². The minimum absolute atomic E-state index is 0.0244. The van der Waals surface area contributed by atoms with Gasteiger partial charge in [0.05, 0.1) is 5.02 Å². The first kappa shape index (κ1) is 12.5. The summed E-state index contributed by atoms with van der Waals surface area (Å²) in [5.41, 5.74) is 16.0. The largest absolute Gasteiger partial charge is 0.287 e. The molecule has 9 heteroatoms. The van der Waals surface area contributed by atoms with E-state index in [1.165, 1.54) is 12.1 Å². The quantitative estimate of drug-likeness (QED) is 0.453. The van der Waals surface area contributed by atoms with E-state index in [9.17, 15) is 9.59 Å². The fraction of sp³-hybridized carbons (Fsp3) is 0. The summed E-state index contributed by atoms with van der Waals surface area (Å²) in [4.78, 5) is 27.1. The Morgan fingerprint density at radius 2 is 1.71 bits per heavy atom. The third-order valence-electron chi connectivity index (χ3n) is 1.71. The lowest BCUT2D eigenvalue weighted by atomic mass is 10.1. The highest BCUT2D eigenvalue weighted by Gasteiger charge is 2.12. The lowest BCUT2D eigenvalue weighted by Crippen LogP contribution is -2.00. The van der Waals surface area contributed by atoms with E-state index in [-0.39, 0.29) is 16.1 Å². The van der Waals surface area contributed by atoms with Crippen LogP contribution in [0.1, 0.15) is 20.7 Å². The van der Waals surface area contributed by atoms with E-state index in [1.807, 2.05) is 0 Å². The topological polar surface area (TPSA) is 132 Å². The number of carbonyl (C=O) groups excluding carboxylic acids is 2. The molecule has 8 nitrogen and oxygen atoms in total. The molecule has 1 rings (SSSR count). The van der Waals surface area contributed by atoms with Crippen molar-refractivity contribution in [1.29, 1.82) is 0 Å². The molecule has 0 aliphatic heterocycles. The molecule has 0 heterocycles. The van der Waals surface area contributed by atoms with Crippen LogP contribution >= 0.6 is 11.6 Å². The van der Waals surface area contributed by atoms with Gasteiger partial charge >= 0.3 is 0 Å². The van der Waals surface area contributed by atoms with Gasteiger partial charge in [0.15, 0.2) is 0 Å². The van der Waals surface area contributed by atoms with Gasteiger partial charge in [0, 0.05) is 21.0 Å². The third-order valence-corrected chi connectivity index (χ3v) is 2.04. The smallest absolute Gasteiger partial charge is 0.250 e. The number of halogens is 1. The molecule has 0 unspecified atom stereocenters. The van der Waals surface area contributed by atoms with Crippen molar-refractivity contribution in [2.45, 2.75) is 0 Å². The van der Waals surface area contributed by atoms with E-state index < -0.39 is 11.8 Å². The van der Waals surface area contributed by atoms with Crippen molar-refractivity contribution >= 4 is 23.4 Å². The van der Waals surface area contributed by atoms with Crippen molar-refractivity contribution in [3.63, 3.8) is 0 Å². The minimum Gasteiger partial charge on any atom is -0.287 e. The number of benzene rings is 1. The fourth-order valence-electron chi connectivity index (χ4n) is 1.02. The highest BCUT2D eigenvalue weighted by atomic mass is 35.5. The first-order valence-electron chi connectivity index (χ1n) is 4.08. The molecule has 0 aliphatic rings. The second-order valence-electron chi connectivity index (χ2n) is 2.68.